The molecule has 0 spiro atoms. The molecule has 1 unspecified atom stereocenters. The highest BCUT2D eigenvalue weighted by Crippen LogP contribution is 2.27. The number of rotatable bonds is 3. The maximum Gasteiger partial charge on any atom is 0.159 e. The molecular formula is C13H14BrN3O. The van der Waals surface area contributed by atoms with Gasteiger partial charge in [0.25, 0.3) is 0 Å². The van der Waals surface area contributed by atoms with E-state index in [4.69, 9.17) is 5.73 Å². The second-order valence-electron chi connectivity index (χ2n) is 3.98. The van der Waals surface area contributed by atoms with Crippen molar-refractivity contribution in [3.63, 3.8) is 0 Å². The second kappa shape index (κ2) is 5.56. The fourth-order valence-electron chi connectivity index (χ4n) is 1.65. The van der Waals surface area contributed by atoms with Crippen LogP contribution in [0, 0.1) is 6.92 Å². The van der Waals surface area contributed by atoms with Crippen LogP contribution in [0.4, 0.5) is 0 Å². The molecule has 0 amide bonds. The molecule has 0 aliphatic heterocycles. The van der Waals surface area contributed by atoms with Gasteiger partial charge < -0.3 is 10.8 Å². The first-order chi connectivity index (χ1) is 8.61. The quantitative estimate of drug-likeness (QED) is 0.912. The number of aliphatic hydroxyl groups excluding tert-OH is 1. The molecule has 0 aliphatic rings. The van der Waals surface area contributed by atoms with Crippen molar-refractivity contribution in [1.82, 2.24) is 9.97 Å². The zero-order valence-electron chi connectivity index (χ0n) is 9.97. The largest absolute Gasteiger partial charge is 0.384 e. The van der Waals surface area contributed by atoms with Gasteiger partial charge in [-0.1, -0.05) is 34.1 Å². The molecule has 4 nitrogen and oxygen atoms in total. The van der Waals surface area contributed by atoms with Crippen LogP contribution in [0.1, 0.15) is 17.6 Å². The van der Waals surface area contributed by atoms with Crippen LogP contribution < -0.4 is 5.73 Å². The van der Waals surface area contributed by atoms with Gasteiger partial charge in [0.2, 0.25) is 0 Å². The van der Waals surface area contributed by atoms with Crippen LogP contribution in [-0.4, -0.2) is 21.6 Å². The molecule has 18 heavy (non-hydrogen) atoms. The molecule has 1 atom stereocenters. The summed E-state index contributed by atoms with van der Waals surface area (Å²) in [7, 11) is 0. The third-order valence-corrected chi connectivity index (χ3v) is 3.23. The fourth-order valence-corrected chi connectivity index (χ4v) is 2.14. The molecule has 0 bridgehead atoms. The second-order valence-corrected chi connectivity index (χ2v) is 4.84. The molecule has 0 saturated heterocycles. The highest BCUT2D eigenvalue weighted by molar-refractivity contribution is 9.10. The lowest BCUT2D eigenvalue weighted by Gasteiger charge is -2.10. The summed E-state index contributed by atoms with van der Waals surface area (Å²) in [5.41, 5.74) is 7.98. The van der Waals surface area contributed by atoms with E-state index in [1.54, 1.807) is 0 Å². The van der Waals surface area contributed by atoms with Crippen molar-refractivity contribution in [3.05, 3.63) is 46.3 Å². The lowest BCUT2D eigenvalue weighted by molar-refractivity contribution is 0.176. The van der Waals surface area contributed by atoms with Gasteiger partial charge in [-0.05, 0) is 19.1 Å². The average molecular weight is 308 g/mol. The van der Waals surface area contributed by atoms with Gasteiger partial charge in [-0.25, -0.2) is 9.97 Å². The Morgan fingerprint density at radius 2 is 2.06 bits per heavy atom. The van der Waals surface area contributed by atoms with Crippen LogP contribution in [-0.2, 0) is 0 Å². The zero-order valence-corrected chi connectivity index (χ0v) is 11.6. The van der Waals surface area contributed by atoms with Crippen molar-refractivity contribution in [2.24, 2.45) is 5.73 Å². The highest BCUT2D eigenvalue weighted by atomic mass is 79.9. The molecule has 94 valence electrons. The summed E-state index contributed by atoms with van der Waals surface area (Å²) in [6, 6.07) is 9.68. The summed E-state index contributed by atoms with van der Waals surface area (Å²) in [5.74, 6) is 0.364. The fraction of sp³-hybridized carbons (Fsp3) is 0.231. The maximum atomic E-state index is 9.73. The summed E-state index contributed by atoms with van der Waals surface area (Å²) in [5, 5.41) is 9.73. The topological polar surface area (TPSA) is 72.0 Å². The van der Waals surface area contributed by atoms with Crippen molar-refractivity contribution >= 4 is 15.9 Å². The summed E-state index contributed by atoms with van der Waals surface area (Å²) in [6.45, 7) is 1.98. The first-order valence-electron chi connectivity index (χ1n) is 5.60. The molecule has 1 heterocycles. The predicted octanol–water partition coefficient (Wildman–Crippen LogP) is 2.21. The minimum atomic E-state index is -0.828. The Morgan fingerprint density at radius 1 is 1.33 bits per heavy atom. The van der Waals surface area contributed by atoms with E-state index in [0.717, 1.165) is 21.4 Å². The molecule has 0 saturated carbocycles. The number of halogens is 1. The number of nitrogens with zero attached hydrogens (tertiary/aromatic N) is 2. The molecular weight excluding hydrogens is 294 g/mol. The van der Waals surface area contributed by atoms with E-state index in [1.165, 1.54) is 0 Å². The van der Waals surface area contributed by atoms with Crippen LogP contribution in [0.2, 0.25) is 0 Å². The average Bonchev–Trinajstić information content (AvgIpc) is 2.37. The molecule has 0 fully saturated rings. The van der Waals surface area contributed by atoms with Crippen LogP contribution in [0.15, 0.2) is 34.8 Å². The number of aliphatic hydroxyl groups is 1. The van der Waals surface area contributed by atoms with Crippen molar-refractivity contribution in [1.29, 1.82) is 0 Å². The predicted molar refractivity (Wildman–Crippen MR) is 73.9 cm³/mol. The molecule has 0 aliphatic carbocycles. The van der Waals surface area contributed by atoms with Gasteiger partial charge in [0, 0.05) is 22.3 Å². The molecule has 1 aromatic carbocycles. The van der Waals surface area contributed by atoms with Crippen molar-refractivity contribution < 1.29 is 5.11 Å². The van der Waals surface area contributed by atoms with Gasteiger partial charge >= 0.3 is 0 Å². The third-order valence-electron chi connectivity index (χ3n) is 2.54. The summed E-state index contributed by atoms with van der Waals surface area (Å²) >= 11 is 3.49. The lowest BCUT2D eigenvalue weighted by Crippen LogP contribution is -2.15. The first-order valence-corrected chi connectivity index (χ1v) is 6.39. The van der Waals surface area contributed by atoms with E-state index in [0.29, 0.717) is 5.82 Å². The molecule has 3 N–H and O–H groups in total. The number of aryl methyl sites for hydroxylation is 1. The first kappa shape index (κ1) is 13.1. The number of aromatic nitrogens is 2. The minimum Gasteiger partial charge on any atom is -0.384 e. The van der Waals surface area contributed by atoms with Gasteiger partial charge in [0.05, 0.1) is 5.69 Å². The Bertz CT molecular complexity index is 560. The molecule has 5 heteroatoms. The number of benzene rings is 1. The Labute approximate surface area is 114 Å². The van der Waals surface area contributed by atoms with E-state index in [9.17, 15) is 5.11 Å². The number of nitrogens with two attached hydrogens (primary N) is 1. The molecule has 0 radical (unpaired) electrons. The van der Waals surface area contributed by atoms with Crippen LogP contribution in [0.25, 0.3) is 11.3 Å². The van der Waals surface area contributed by atoms with Crippen molar-refractivity contribution in [3.8, 4) is 11.3 Å². The number of hydrogen-bond donors (Lipinski definition) is 2. The Hall–Kier alpha value is -1.30. The van der Waals surface area contributed by atoms with E-state index in [1.807, 2.05) is 37.3 Å². The van der Waals surface area contributed by atoms with Gasteiger partial charge in [-0.3, -0.25) is 0 Å². The SMILES string of the molecule is Cc1cc(-c2ccccc2Br)nc(C(O)CN)n1. The number of hydrogen-bond acceptors (Lipinski definition) is 4. The summed E-state index contributed by atoms with van der Waals surface area (Å²) in [6.07, 6.45) is -0.828. The highest BCUT2D eigenvalue weighted by Gasteiger charge is 2.12. The Kier molecular flexibility index (Phi) is 4.06. The van der Waals surface area contributed by atoms with E-state index in [-0.39, 0.29) is 6.54 Å². The minimum absolute atomic E-state index is 0.110. The maximum absolute atomic E-state index is 9.73. The van der Waals surface area contributed by atoms with E-state index in [2.05, 4.69) is 25.9 Å². The Morgan fingerprint density at radius 3 is 2.72 bits per heavy atom. The normalized spacial score (nSPS) is 12.4. The van der Waals surface area contributed by atoms with Crippen LogP contribution in [0.3, 0.4) is 0 Å². The molecule has 2 rings (SSSR count). The summed E-state index contributed by atoms with van der Waals surface area (Å²) < 4.78 is 0.955. The van der Waals surface area contributed by atoms with Crippen LogP contribution >= 0.6 is 15.9 Å². The monoisotopic (exact) mass is 307 g/mol. The van der Waals surface area contributed by atoms with Gasteiger partial charge in [-0.15, -0.1) is 0 Å². The lowest BCUT2D eigenvalue weighted by atomic mass is 10.1. The van der Waals surface area contributed by atoms with Crippen molar-refractivity contribution in [2.75, 3.05) is 6.54 Å². The van der Waals surface area contributed by atoms with E-state index >= 15 is 0 Å². The summed E-state index contributed by atoms with van der Waals surface area (Å²) in [4.78, 5) is 8.57. The van der Waals surface area contributed by atoms with Gasteiger partial charge in [0.1, 0.15) is 6.10 Å². The molecule has 2 aromatic rings. The molecule has 1 aromatic heterocycles. The van der Waals surface area contributed by atoms with E-state index < -0.39 is 6.10 Å². The van der Waals surface area contributed by atoms with Gasteiger partial charge in [0.15, 0.2) is 5.82 Å². The Balaban J connectivity index is 2.52. The third kappa shape index (κ3) is 2.75. The standard InChI is InChI=1S/C13H14BrN3O/c1-8-6-11(9-4-2-3-5-10(9)14)17-13(16-8)12(18)7-15/h2-6,12,18H,7,15H2,1H3. The van der Waals surface area contributed by atoms with Gasteiger partial charge in [-0.2, -0.15) is 0 Å². The zero-order chi connectivity index (χ0) is 13.1. The van der Waals surface area contributed by atoms with Crippen LogP contribution in [0.5, 0.6) is 0 Å². The van der Waals surface area contributed by atoms with Crippen molar-refractivity contribution in [2.45, 2.75) is 13.0 Å². The smallest absolute Gasteiger partial charge is 0.159 e.